The van der Waals surface area contributed by atoms with E-state index in [9.17, 15) is 22.8 Å². The Kier molecular flexibility index (Phi) is 6.13. The van der Waals surface area contributed by atoms with Gasteiger partial charge in [-0.2, -0.15) is 18.4 Å². The Hall–Kier alpha value is -2.60. The van der Waals surface area contributed by atoms with Gasteiger partial charge in [0.05, 0.1) is 24.8 Å². The number of carbonyl (C=O) groups is 2. The molecular formula is C20H23F3N4O2. The van der Waals surface area contributed by atoms with E-state index >= 15 is 0 Å². The van der Waals surface area contributed by atoms with Gasteiger partial charge in [0.15, 0.2) is 0 Å². The van der Waals surface area contributed by atoms with Gasteiger partial charge in [0.1, 0.15) is 5.54 Å². The molecule has 1 saturated heterocycles. The molecule has 1 aliphatic carbocycles. The van der Waals surface area contributed by atoms with E-state index in [-0.39, 0.29) is 6.54 Å². The number of hydrogen-bond acceptors (Lipinski definition) is 4. The maximum Gasteiger partial charge on any atom is 0.401 e. The van der Waals surface area contributed by atoms with Crippen molar-refractivity contribution in [3.05, 3.63) is 35.4 Å². The fraction of sp³-hybridized carbons (Fsp3) is 0.550. The average molecular weight is 408 g/mol. The van der Waals surface area contributed by atoms with Crippen LogP contribution in [0.2, 0.25) is 0 Å². The largest absolute Gasteiger partial charge is 0.401 e. The number of benzene rings is 1. The fourth-order valence-electron chi connectivity index (χ4n) is 4.03. The number of nitriles is 1. The summed E-state index contributed by atoms with van der Waals surface area (Å²) in [6.45, 7) is -1.79. The predicted octanol–water partition coefficient (Wildman–Crippen LogP) is 3.52. The van der Waals surface area contributed by atoms with E-state index in [1.807, 2.05) is 6.07 Å². The van der Waals surface area contributed by atoms with Crippen LogP contribution in [0.4, 0.5) is 18.0 Å². The number of imide groups is 1. The highest BCUT2D eigenvalue weighted by molar-refractivity contribution is 6.07. The lowest BCUT2D eigenvalue weighted by molar-refractivity contribution is -0.154. The van der Waals surface area contributed by atoms with E-state index in [4.69, 9.17) is 5.26 Å². The van der Waals surface area contributed by atoms with Gasteiger partial charge in [-0.05, 0) is 30.5 Å². The zero-order chi connectivity index (χ0) is 21.1. The Balaban J connectivity index is 1.76. The number of nitrogens with zero attached hydrogens (tertiary/aromatic N) is 3. The molecule has 3 rings (SSSR count). The van der Waals surface area contributed by atoms with Crippen LogP contribution in [-0.4, -0.2) is 46.7 Å². The first-order chi connectivity index (χ1) is 13.7. The molecule has 9 heteroatoms. The minimum absolute atomic E-state index is 0.102. The van der Waals surface area contributed by atoms with Crippen LogP contribution in [0.5, 0.6) is 0 Å². The highest BCUT2D eigenvalue weighted by Gasteiger charge is 2.51. The lowest BCUT2D eigenvalue weighted by Gasteiger charge is -2.29. The minimum atomic E-state index is -4.48. The quantitative estimate of drug-likeness (QED) is 0.757. The molecule has 1 N–H and O–H groups in total. The van der Waals surface area contributed by atoms with Crippen molar-refractivity contribution in [1.29, 1.82) is 5.26 Å². The van der Waals surface area contributed by atoms with Gasteiger partial charge in [-0.3, -0.25) is 9.69 Å². The second kappa shape index (κ2) is 8.41. The van der Waals surface area contributed by atoms with Crippen LogP contribution >= 0.6 is 0 Å². The molecule has 0 atom stereocenters. The molecule has 2 fully saturated rings. The SMILES string of the molecule is N#Cc1ccc(CN(CN2C(=O)NC3(CCCCCC3)C2=O)CC(F)(F)F)cc1. The molecule has 1 aromatic carbocycles. The summed E-state index contributed by atoms with van der Waals surface area (Å²) in [4.78, 5) is 27.4. The molecule has 1 aromatic rings. The molecule has 6 nitrogen and oxygen atoms in total. The van der Waals surface area contributed by atoms with Crippen molar-refractivity contribution in [2.24, 2.45) is 0 Å². The van der Waals surface area contributed by atoms with Crippen molar-refractivity contribution >= 4 is 11.9 Å². The summed E-state index contributed by atoms with van der Waals surface area (Å²) in [6, 6.07) is 7.51. The third-order valence-corrected chi connectivity index (χ3v) is 5.44. The van der Waals surface area contributed by atoms with Crippen LogP contribution in [0.3, 0.4) is 0 Å². The van der Waals surface area contributed by atoms with Gasteiger partial charge in [-0.25, -0.2) is 9.69 Å². The molecule has 1 saturated carbocycles. The van der Waals surface area contributed by atoms with E-state index in [0.29, 0.717) is 24.0 Å². The number of alkyl halides is 3. The monoisotopic (exact) mass is 408 g/mol. The molecule has 29 heavy (non-hydrogen) atoms. The summed E-state index contributed by atoms with van der Waals surface area (Å²) in [7, 11) is 0. The van der Waals surface area contributed by atoms with Crippen molar-refractivity contribution in [1.82, 2.24) is 15.1 Å². The van der Waals surface area contributed by atoms with E-state index < -0.39 is 36.9 Å². The van der Waals surface area contributed by atoms with E-state index in [1.54, 1.807) is 12.1 Å². The van der Waals surface area contributed by atoms with E-state index in [1.165, 1.54) is 12.1 Å². The smallest absolute Gasteiger partial charge is 0.323 e. The Bertz CT molecular complexity index is 793. The molecule has 0 aromatic heterocycles. The zero-order valence-corrected chi connectivity index (χ0v) is 16.0. The van der Waals surface area contributed by atoms with Gasteiger partial charge < -0.3 is 5.32 Å². The molecule has 2 aliphatic rings. The van der Waals surface area contributed by atoms with Crippen molar-refractivity contribution in [3.63, 3.8) is 0 Å². The van der Waals surface area contributed by atoms with Gasteiger partial charge in [-0.15, -0.1) is 0 Å². The third-order valence-electron chi connectivity index (χ3n) is 5.44. The minimum Gasteiger partial charge on any atom is -0.323 e. The number of urea groups is 1. The number of hydrogen-bond donors (Lipinski definition) is 1. The lowest BCUT2D eigenvalue weighted by atomic mass is 9.90. The molecule has 1 aliphatic heterocycles. The topological polar surface area (TPSA) is 76.4 Å². The molecule has 3 amide bonds. The second-order valence-corrected chi connectivity index (χ2v) is 7.71. The summed E-state index contributed by atoms with van der Waals surface area (Å²) in [5.74, 6) is -0.434. The molecule has 0 unspecified atom stereocenters. The van der Waals surface area contributed by atoms with Crippen molar-refractivity contribution in [2.45, 2.75) is 56.8 Å². The number of nitrogens with one attached hydrogen (secondary N) is 1. The van der Waals surface area contributed by atoms with Crippen molar-refractivity contribution < 1.29 is 22.8 Å². The molecule has 1 spiro atoms. The Labute approximate surface area is 167 Å². The van der Waals surface area contributed by atoms with E-state index in [0.717, 1.165) is 35.5 Å². The summed E-state index contributed by atoms with van der Waals surface area (Å²) in [5, 5.41) is 11.6. The van der Waals surface area contributed by atoms with E-state index in [2.05, 4.69) is 5.32 Å². The maximum atomic E-state index is 13.1. The number of halogens is 3. The normalized spacial score (nSPS) is 19.3. The number of rotatable bonds is 5. The standard InChI is InChI=1S/C20H23F3N4O2/c21-20(22,23)13-26(12-16-7-5-15(11-24)6-8-16)14-27-17(28)19(25-18(27)29)9-3-1-2-4-10-19/h5-8H,1-4,9-10,12-14H2,(H,25,29). The summed E-state index contributed by atoms with van der Waals surface area (Å²) in [6.07, 6.45) is 0.111. The van der Waals surface area contributed by atoms with Crippen molar-refractivity contribution in [2.75, 3.05) is 13.2 Å². The Morgan fingerprint density at radius 2 is 1.72 bits per heavy atom. The number of carbonyl (C=O) groups excluding carboxylic acids is 2. The highest BCUT2D eigenvalue weighted by atomic mass is 19.4. The summed E-state index contributed by atoms with van der Waals surface area (Å²) in [5.41, 5.74) is -0.0173. The first kappa shape index (κ1) is 21.1. The Morgan fingerprint density at radius 3 is 2.28 bits per heavy atom. The van der Waals surface area contributed by atoms with Gasteiger partial charge in [-0.1, -0.05) is 37.8 Å². The molecule has 0 bridgehead atoms. The van der Waals surface area contributed by atoms with Crippen LogP contribution in [0, 0.1) is 11.3 Å². The first-order valence-corrected chi connectivity index (χ1v) is 9.65. The summed E-state index contributed by atoms with van der Waals surface area (Å²) < 4.78 is 39.3. The molecule has 1 heterocycles. The molecule has 156 valence electrons. The zero-order valence-electron chi connectivity index (χ0n) is 16.0. The predicted molar refractivity (Wildman–Crippen MR) is 98.3 cm³/mol. The Morgan fingerprint density at radius 1 is 1.10 bits per heavy atom. The van der Waals surface area contributed by atoms with Gasteiger partial charge >= 0.3 is 12.2 Å². The van der Waals surface area contributed by atoms with Gasteiger partial charge in [0, 0.05) is 6.54 Å². The van der Waals surface area contributed by atoms with Crippen LogP contribution in [-0.2, 0) is 11.3 Å². The molecular weight excluding hydrogens is 385 g/mol. The lowest BCUT2D eigenvalue weighted by Crippen LogP contribution is -2.48. The highest BCUT2D eigenvalue weighted by Crippen LogP contribution is 2.33. The third kappa shape index (κ3) is 5.07. The first-order valence-electron chi connectivity index (χ1n) is 9.65. The van der Waals surface area contributed by atoms with Crippen molar-refractivity contribution in [3.8, 4) is 6.07 Å². The summed E-state index contributed by atoms with van der Waals surface area (Å²) >= 11 is 0. The van der Waals surface area contributed by atoms with Gasteiger partial charge in [0.25, 0.3) is 5.91 Å². The second-order valence-electron chi connectivity index (χ2n) is 7.71. The molecule has 0 radical (unpaired) electrons. The van der Waals surface area contributed by atoms with Crippen LogP contribution in [0.25, 0.3) is 0 Å². The average Bonchev–Trinajstić information content (AvgIpc) is 2.82. The number of amides is 3. The fourth-order valence-corrected chi connectivity index (χ4v) is 4.03. The van der Waals surface area contributed by atoms with Crippen LogP contribution in [0.1, 0.15) is 49.7 Å². The maximum absolute atomic E-state index is 13.1. The van der Waals surface area contributed by atoms with Crippen LogP contribution in [0.15, 0.2) is 24.3 Å². The van der Waals surface area contributed by atoms with Gasteiger partial charge in [0.2, 0.25) is 0 Å². The van der Waals surface area contributed by atoms with Crippen LogP contribution < -0.4 is 5.32 Å².